The second-order valence-electron chi connectivity index (χ2n) is 9.67. The molecule has 1 unspecified atom stereocenters. The number of amides is 2. The lowest BCUT2D eigenvalue weighted by Crippen LogP contribution is -2.52. The van der Waals surface area contributed by atoms with Gasteiger partial charge in [0.25, 0.3) is 0 Å². The highest BCUT2D eigenvalue weighted by Crippen LogP contribution is 2.28. The quantitative estimate of drug-likeness (QED) is 0.577. The van der Waals surface area contributed by atoms with Crippen LogP contribution in [0.4, 0.5) is 4.79 Å². The van der Waals surface area contributed by atoms with Crippen molar-refractivity contribution >= 4 is 23.8 Å². The fourth-order valence-electron chi connectivity index (χ4n) is 4.16. The van der Waals surface area contributed by atoms with E-state index in [2.05, 4.69) is 21.7 Å². The highest BCUT2D eigenvalue weighted by Gasteiger charge is 2.28. The van der Waals surface area contributed by atoms with E-state index in [1.807, 2.05) is 50.1 Å². The smallest absolute Gasteiger partial charge is 0.410 e. The molecule has 0 spiro atoms. The number of rotatable bonds is 6. The first-order chi connectivity index (χ1) is 16.3. The molecule has 0 bridgehead atoms. The molecule has 1 atom stereocenters. The molecule has 4 rings (SSSR count). The van der Waals surface area contributed by atoms with Crippen molar-refractivity contribution in [2.24, 2.45) is 0 Å². The summed E-state index contributed by atoms with van der Waals surface area (Å²) in [4.78, 5) is 33.3. The Morgan fingerprint density at radius 2 is 1.82 bits per heavy atom. The van der Waals surface area contributed by atoms with Crippen LogP contribution in [0.1, 0.15) is 33.6 Å². The summed E-state index contributed by atoms with van der Waals surface area (Å²) < 4.78 is 13.5. The fourth-order valence-corrected chi connectivity index (χ4v) is 5.06. The van der Waals surface area contributed by atoms with Crippen molar-refractivity contribution in [1.29, 1.82) is 0 Å². The van der Waals surface area contributed by atoms with Crippen LogP contribution in [0.25, 0.3) is 11.3 Å². The maximum atomic E-state index is 12.9. The van der Waals surface area contributed by atoms with Crippen molar-refractivity contribution < 1.29 is 19.1 Å². The number of piperazine rings is 1. The van der Waals surface area contributed by atoms with Crippen LogP contribution < -0.4 is 0 Å². The summed E-state index contributed by atoms with van der Waals surface area (Å²) in [6.07, 6.45) is 3.86. The zero-order valence-electron chi connectivity index (χ0n) is 20.2. The van der Waals surface area contributed by atoms with E-state index < -0.39 is 5.60 Å². The second kappa shape index (κ2) is 10.8. The standard InChI is InChI=1S/C25H34N4O4S/c1-25(2,3)33-24(31)28-13-11-27(12-14-28)22(30)18-34-23-26-16-21(19-8-5-4-6-9-19)29(23)17-20-10-7-15-32-20/h4-6,8-9,16,20H,7,10-15,17-18H2,1-3H3. The van der Waals surface area contributed by atoms with Gasteiger partial charge in [-0.3, -0.25) is 4.79 Å². The van der Waals surface area contributed by atoms with Crippen molar-refractivity contribution in [3.05, 3.63) is 36.5 Å². The van der Waals surface area contributed by atoms with Crippen LogP contribution in [0.2, 0.25) is 0 Å². The van der Waals surface area contributed by atoms with Crippen molar-refractivity contribution in [1.82, 2.24) is 19.4 Å². The Kier molecular flexibility index (Phi) is 7.83. The van der Waals surface area contributed by atoms with Gasteiger partial charge in [0.05, 0.1) is 30.3 Å². The van der Waals surface area contributed by atoms with Gasteiger partial charge in [-0.15, -0.1) is 0 Å². The van der Waals surface area contributed by atoms with Gasteiger partial charge in [0.15, 0.2) is 5.16 Å². The maximum absolute atomic E-state index is 12.9. The largest absolute Gasteiger partial charge is 0.444 e. The predicted octanol–water partition coefficient (Wildman–Crippen LogP) is 3.90. The minimum atomic E-state index is -0.523. The molecule has 2 aliphatic rings. The number of carbonyl (C=O) groups excluding carboxylic acids is 2. The summed E-state index contributed by atoms with van der Waals surface area (Å²) in [6, 6.07) is 10.2. The Morgan fingerprint density at radius 1 is 1.12 bits per heavy atom. The van der Waals surface area contributed by atoms with Gasteiger partial charge in [-0.1, -0.05) is 42.1 Å². The third kappa shape index (κ3) is 6.33. The minimum absolute atomic E-state index is 0.0572. The van der Waals surface area contributed by atoms with E-state index in [4.69, 9.17) is 9.47 Å². The zero-order valence-corrected chi connectivity index (χ0v) is 21.1. The van der Waals surface area contributed by atoms with Gasteiger partial charge >= 0.3 is 6.09 Å². The molecule has 2 aliphatic heterocycles. The molecular weight excluding hydrogens is 452 g/mol. The first-order valence-electron chi connectivity index (χ1n) is 11.9. The first kappa shape index (κ1) is 24.6. The number of hydrogen-bond donors (Lipinski definition) is 0. The number of aromatic nitrogens is 2. The maximum Gasteiger partial charge on any atom is 0.410 e. The van der Waals surface area contributed by atoms with Crippen LogP contribution in [0, 0.1) is 0 Å². The molecule has 1 aromatic heterocycles. The summed E-state index contributed by atoms with van der Waals surface area (Å²) in [7, 11) is 0. The lowest BCUT2D eigenvalue weighted by Gasteiger charge is -2.35. The molecular formula is C25H34N4O4S. The van der Waals surface area contributed by atoms with Gasteiger partial charge in [-0.2, -0.15) is 0 Å². The van der Waals surface area contributed by atoms with E-state index in [1.54, 1.807) is 4.90 Å². The Balaban J connectivity index is 1.36. The zero-order chi connectivity index (χ0) is 24.1. The molecule has 2 amide bonds. The summed E-state index contributed by atoms with van der Waals surface area (Å²) in [6.45, 7) is 9.09. The monoisotopic (exact) mass is 486 g/mol. The molecule has 34 heavy (non-hydrogen) atoms. The summed E-state index contributed by atoms with van der Waals surface area (Å²) in [5.41, 5.74) is 1.62. The highest BCUT2D eigenvalue weighted by atomic mass is 32.2. The molecule has 2 saturated heterocycles. The van der Waals surface area contributed by atoms with Gasteiger partial charge in [-0.25, -0.2) is 9.78 Å². The molecule has 1 aromatic carbocycles. The number of hydrogen-bond acceptors (Lipinski definition) is 6. The van der Waals surface area contributed by atoms with E-state index in [-0.39, 0.29) is 18.1 Å². The van der Waals surface area contributed by atoms with Crippen molar-refractivity contribution in [2.45, 2.75) is 57.0 Å². The number of thioether (sulfide) groups is 1. The van der Waals surface area contributed by atoms with E-state index in [9.17, 15) is 9.59 Å². The lowest BCUT2D eigenvalue weighted by molar-refractivity contribution is -0.130. The summed E-state index contributed by atoms with van der Waals surface area (Å²) in [5.74, 6) is 0.366. The van der Waals surface area contributed by atoms with Crippen LogP contribution in [0.15, 0.2) is 41.7 Å². The molecule has 8 nitrogen and oxygen atoms in total. The summed E-state index contributed by atoms with van der Waals surface area (Å²) in [5, 5.41) is 0.829. The van der Waals surface area contributed by atoms with Gasteiger partial charge in [0.1, 0.15) is 5.60 Å². The number of nitrogens with zero attached hydrogens (tertiary/aromatic N) is 4. The number of benzene rings is 1. The first-order valence-corrected chi connectivity index (χ1v) is 12.9. The molecule has 2 aromatic rings. The molecule has 0 N–H and O–H groups in total. The molecule has 2 fully saturated rings. The third-order valence-electron chi connectivity index (χ3n) is 5.91. The molecule has 0 saturated carbocycles. The lowest BCUT2D eigenvalue weighted by atomic mass is 10.1. The van der Waals surface area contributed by atoms with Crippen molar-refractivity contribution in [3.63, 3.8) is 0 Å². The normalized spacial score (nSPS) is 18.9. The Labute approximate surface area is 205 Å². The van der Waals surface area contributed by atoms with E-state index in [1.165, 1.54) is 11.8 Å². The van der Waals surface area contributed by atoms with Crippen LogP contribution in [0.3, 0.4) is 0 Å². The van der Waals surface area contributed by atoms with Crippen molar-refractivity contribution in [3.8, 4) is 11.3 Å². The van der Waals surface area contributed by atoms with Crippen LogP contribution >= 0.6 is 11.8 Å². The Morgan fingerprint density at radius 3 is 2.47 bits per heavy atom. The third-order valence-corrected chi connectivity index (χ3v) is 6.88. The number of ether oxygens (including phenoxy) is 2. The van der Waals surface area contributed by atoms with Gasteiger partial charge in [-0.05, 0) is 39.2 Å². The molecule has 9 heteroatoms. The topological polar surface area (TPSA) is 76.9 Å². The highest BCUT2D eigenvalue weighted by molar-refractivity contribution is 7.99. The Bertz CT molecular complexity index is 975. The average molecular weight is 487 g/mol. The average Bonchev–Trinajstić information content (AvgIpc) is 3.47. The van der Waals surface area contributed by atoms with E-state index >= 15 is 0 Å². The van der Waals surface area contributed by atoms with Gasteiger partial charge in [0.2, 0.25) is 5.91 Å². The molecule has 3 heterocycles. The minimum Gasteiger partial charge on any atom is -0.444 e. The van der Waals surface area contributed by atoms with Gasteiger partial charge < -0.3 is 23.8 Å². The molecule has 0 radical (unpaired) electrons. The molecule has 0 aliphatic carbocycles. The van der Waals surface area contributed by atoms with Crippen LogP contribution in [-0.4, -0.2) is 81.6 Å². The number of imidazole rings is 1. The van der Waals surface area contributed by atoms with E-state index in [0.717, 1.165) is 42.4 Å². The number of carbonyl (C=O) groups is 2. The SMILES string of the molecule is CC(C)(C)OC(=O)N1CCN(C(=O)CSc2ncc(-c3ccccc3)n2CC2CCCO2)CC1. The van der Waals surface area contributed by atoms with Crippen LogP contribution in [0.5, 0.6) is 0 Å². The summed E-state index contributed by atoms with van der Waals surface area (Å²) >= 11 is 1.46. The van der Waals surface area contributed by atoms with Gasteiger partial charge in [0, 0.05) is 32.8 Å². The second-order valence-corrected chi connectivity index (χ2v) is 10.6. The Hall–Kier alpha value is -2.52. The van der Waals surface area contributed by atoms with Crippen LogP contribution in [-0.2, 0) is 20.8 Å². The molecule has 184 valence electrons. The fraction of sp³-hybridized carbons (Fsp3) is 0.560. The van der Waals surface area contributed by atoms with Crippen molar-refractivity contribution in [2.75, 3.05) is 38.5 Å². The van der Waals surface area contributed by atoms with E-state index in [0.29, 0.717) is 31.9 Å². The predicted molar refractivity (Wildman–Crippen MR) is 132 cm³/mol.